The zero-order valence-electron chi connectivity index (χ0n) is 11.3. The minimum Gasteiger partial charge on any atom is -0.493 e. The Bertz CT molecular complexity index is 623. The van der Waals surface area contributed by atoms with Gasteiger partial charge in [-0.3, -0.25) is 4.68 Å². The summed E-state index contributed by atoms with van der Waals surface area (Å²) in [7, 11) is 5.03. The molecular weight excluding hydrogens is 310 g/mol. The molecule has 0 aliphatic rings. The van der Waals surface area contributed by atoms with Gasteiger partial charge in [-0.05, 0) is 34.5 Å². The van der Waals surface area contributed by atoms with Gasteiger partial charge in [-0.25, -0.2) is 0 Å². The van der Waals surface area contributed by atoms with E-state index in [-0.39, 0.29) is 0 Å². The summed E-state index contributed by atoms with van der Waals surface area (Å²) < 4.78 is 13.2. The lowest BCUT2D eigenvalue weighted by molar-refractivity contribution is 0.353. The molecule has 0 aliphatic heterocycles. The standard InChI is InChI=1S/C13H16BrN3O2/c1-7-5-9(18-3)12(19-4)11(14)10(7)8-6-16-17(2)13(8)15/h5-6H,15H2,1-4H3. The van der Waals surface area contributed by atoms with Gasteiger partial charge in [0.2, 0.25) is 0 Å². The van der Waals surface area contributed by atoms with Crippen LogP contribution < -0.4 is 15.2 Å². The van der Waals surface area contributed by atoms with Crippen molar-refractivity contribution in [1.82, 2.24) is 9.78 Å². The average Bonchev–Trinajstić information content (AvgIpc) is 2.70. The van der Waals surface area contributed by atoms with E-state index in [0.29, 0.717) is 17.3 Å². The number of aryl methyl sites for hydroxylation is 2. The average molecular weight is 326 g/mol. The molecule has 2 aromatic rings. The first-order valence-electron chi connectivity index (χ1n) is 5.70. The molecule has 0 unspecified atom stereocenters. The van der Waals surface area contributed by atoms with E-state index < -0.39 is 0 Å². The summed E-state index contributed by atoms with van der Waals surface area (Å²) in [6, 6.07) is 1.92. The number of nitrogen functional groups attached to an aromatic ring is 1. The Morgan fingerprint density at radius 1 is 1.32 bits per heavy atom. The molecule has 2 rings (SSSR count). The molecule has 0 atom stereocenters. The highest BCUT2D eigenvalue weighted by Crippen LogP contribution is 2.45. The predicted octanol–water partition coefficient (Wildman–Crippen LogP) is 2.76. The van der Waals surface area contributed by atoms with Crippen LogP contribution in [0.1, 0.15) is 5.56 Å². The van der Waals surface area contributed by atoms with Crippen molar-refractivity contribution in [2.24, 2.45) is 7.05 Å². The fourth-order valence-corrected chi connectivity index (χ4v) is 2.92. The summed E-state index contributed by atoms with van der Waals surface area (Å²) in [4.78, 5) is 0. The van der Waals surface area contributed by atoms with Gasteiger partial charge >= 0.3 is 0 Å². The van der Waals surface area contributed by atoms with Crippen LogP contribution in [0.4, 0.5) is 5.82 Å². The van der Waals surface area contributed by atoms with Crippen molar-refractivity contribution < 1.29 is 9.47 Å². The number of hydrogen-bond donors (Lipinski definition) is 1. The number of anilines is 1. The number of hydrogen-bond acceptors (Lipinski definition) is 4. The lowest BCUT2D eigenvalue weighted by Crippen LogP contribution is -2.00. The number of aromatic nitrogens is 2. The second-order valence-corrected chi connectivity index (χ2v) is 4.98. The van der Waals surface area contributed by atoms with Crippen LogP contribution in [0, 0.1) is 6.92 Å². The third-order valence-electron chi connectivity index (χ3n) is 3.06. The Morgan fingerprint density at radius 2 is 2.00 bits per heavy atom. The van der Waals surface area contributed by atoms with E-state index in [2.05, 4.69) is 21.0 Å². The molecule has 1 aromatic heterocycles. The monoisotopic (exact) mass is 325 g/mol. The normalized spacial score (nSPS) is 10.6. The summed E-state index contributed by atoms with van der Waals surface area (Å²) in [5.74, 6) is 1.93. The van der Waals surface area contributed by atoms with Crippen molar-refractivity contribution in [3.63, 3.8) is 0 Å². The highest BCUT2D eigenvalue weighted by Gasteiger charge is 2.20. The van der Waals surface area contributed by atoms with Crippen LogP contribution in [0.15, 0.2) is 16.7 Å². The van der Waals surface area contributed by atoms with E-state index in [0.717, 1.165) is 21.2 Å². The zero-order chi connectivity index (χ0) is 14.2. The van der Waals surface area contributed by atoms with Crippen molar-refractivity contribution in [1.29, 1.82) is 0 Å². The second kappa shape index (κ2) is 5.13. The van der Waals surface area contributed by atoms with Gasteiger partial charge in [0.05, 0.1) is 24.9 Å². The minimum absolute atomic E-state index is 0.607. The summed E-state index contributed by atoms with van der Waals surface area (Å²) in [6.45, 7) is 1.99. The molecule has 6 heteroatoms. The van der Waals surface area contributed by atoms with E-state index in [9.17, 15) is 0 Å². The Kier molecular flexibility index (Phi) is 3.71. The van der Waals surface area contributed by atoms with Crippen LogP contribution in [0.25, 0.3) is 11.1 Å². The van der Waals surface area contributed by atoms with E-state index >= 15 is 0 Å². The maximum absolute atomic E-state index is 6.04. The molecule has 102 valence electrons. The lowest BCUT2D eigenvalue weighted by Gasteiger charge is -2.15. The number of ether oxygens (including phenoxy) is 2. The van der Waals surface area contributed by atoms with E-state index in [1.807, 2.05) is 20.0 Å². The molecule has 0 saturated heterocycles. The molecule has 0 saturated carbocycles. The third-order valence-corrected chi connectivity index (χ3v) is 3.82. The van der Waals surface area contributed by atoms with Gasteiger partial charge < -0.3 is 15.2 Å². The Balaban J connectivity index is 2.74. The molecule has 1 aromatic carbocycles. The molecule has 5 nitrogen and oxygen atoms in total. The SMILES string of the molecule is COc1cc(C)c(-c2cnn(C)c2N)c(Br)c1OC. The van der Waals surface area contributed by atoms with Crippen LogP contribution in [0.2, 0.25) is 0 Å². The van der Waals surface area contributed by atoms with Crippen molar-refractivity contribution in [3.05, 3.63) is 22.3 Å². The molecule has 0 bridgehead atoms. The lowest BCUT2D eigenvalue weighted by atomic mass is 10.0. The number of nitrogens with two attached hydrogens (primary N) is 1. The van der Waals surface area contributed by atoms with Crippen molar-refractivity contribution >= 4 is 21.7 Å². The smallest absolute Gasteiger partial charge is 0.175 e. The van der Waals surface area contributed by atoms with Gasteiger partial charge in [0.15, 0.2) is 11.5 Å². The van der Waals surface area contributed by atoms with Gasteiger partial charge in [-0.1, -0.05) is 0 Å². The highest BCUT2D eigenvalue weighted by molar-refractivity contribution is 9.10. The van der Waals surface area contributed by atoms with Gasteiger partial charge in [-0.15, -0.1) is 0 Å². The third kappa shape index (κ3) is 2.16. The van der Waals surface area contributed by atoms with Crippen LogP contribution in [-0.2, 0) is 7.05 Å². The highest BCUT2D eigenvalue weighted by atomic mass is 79.9. The summed E-state index contributed by atoms with van der Waals surface area (Å²) in [5.41, 5.74) is 8.90. The summed E-state index contributed by atoms with van der Waals surface area (Å²) >= 11 is 3.57. The van der Waals surface area contributed by atoms with Crippen LogP contribution >= 0.6 is 15.9 Å². The quantitative estimate of drug-likeness (QED) is 0.942. The van der Waals surface area contributed by atoms with Gasteiger partial charge in [-0.2, -0.15) is 5.10 Å². The van der Waals surface area contributed by atoms with Gasteiger partial charge in [0.1, 0.15) is 5.82 Å². The molecule has 2 N–H and O–H groups in total. The molecule has 0 fully saturated rings. The van der Waals surface area contributed by atoms with E-state index in [4.69, 9.17) is 15.2 Å². The second-order valence-electron chi connectivity index (χ2n) is 4.19. The number of methoxy groups -OCH3 is 2. The van der Waals surface area contributed by atoms with Crippen LogP contribution in [0.5, 0.6) is 11.5 Å². The van der Waals surface area contributed by atoms with Gasteiger partial charge in [0, 0.05) is 18.2 Å². The number of rotatable bonds is 3. The van der Waals surface area contributed by atoms with E-state index in [1.54, 1.807) is 25.1 Å². The fourth-order valence-electron chi connectivity index (χ4n) is 2.04. The first-order chi connectivity index (χ1) is 9.01. The molecular formula is C13H16BrN3O2. The zero-order valence-corrected chi connectivity index (χ0v) is 12.9. The Morgan fingerprint density at radius 3 is 2.47 bits per heavy atom. The van der Waals surface area contributed by atoms with Crippen molar-refractivity contribution in [2.45, 2.75) is 6.92 Å². The molecule has 19 heavy (non-hydrogen) atoms. The Hall–Kier alpha value is -1.69. The maximum Gasteiger partial charge on any atom is 0.175 e. The molecule has 0 spiro atoms. The van der Waals surface area contributed by atoms with Crippen molar-refractivity contribution in [3.8, 4) is 22.6 Å². The number of halogens is 1. The van der Waals surface area contributed by atoms with Gasteiger partial charge in [0.25, 0.3) is 0 Å². The number of benzene rings is 1. The molecule has 0 aliphatic carbocycles. The maximum atomic E-state index is 6.04. The largest absolute Gasteiger partial charge is 0.493 e. The summed E-state index contributed by atoms with van der Waals surface area (Å²) in [5, 5.41) is 4.17. The Labute approximate surface area is 120 Å². The first-order valence-corrected chi connectivity index (χ1v) is 6.49. The number of nitrogens with zero attached hydrogens (tertiary/aromatic N) is 2. The predicted molar refractivity (Wildman–Crippen MR) is 78.6 cm³/mol. The summed E-state index contributed by atoms with van der Waals surface area (Å²) in [6.07, 6.45) is 1.74. The minimum atomic E-state index is 0.607. The molecule has 0 amide bonds. The van der Waals surface area contributed by atoms with Crippen LogP contribution in [-0.4, -0.2) is 24.0 Å². The first kappa shape index (κ1) is 13.7. The van der Waals surface area contributed by atoms with E-state index in [1.165, 1.54) is 0 Å². The fraction of sp³-hybridized carbons (Fsp3) is 0.308. The van der Waals surface area contributed by atoms with Crippen LogP contribution in [0.3, 0.4) is 0 Å². The molecule has 1 heterocycles. The molecule has 0 radical (unpaired) electrons. The van der Waals surface area contributed by atoms with Crippen molar-refractivity contribution in [2.75, 3.05) is 20.0 Å². The topological polar surface area (TPSA) is 62.3 Å².